The predicted octanol–water partition coefficient (Wildman–Crippen LogP) is 1.10. The van der Waals surface area contributed by atoms with Crippen LogP contribution in [0.25, 0.3) is 0 Å². The molecule has 94 valence electrons. The van der Waals surface area contributed by atoms with E-state index < -0.39 is 0 Å². The Bertz CT molecular complexity index is 436. The fourth-order valence-corrected chi connectivity index (χ4v) is 2.24. The van der Waals surface area contributed by atoms with E-state index in [1.807, 2.05) is 6.92 Å². The van der Waals surface area contributed by atoms with Gasteiger partial charge in [0, 0.05) is 26.2 Å². The van der Waals surface area contributed by atoms with Crippen LogP contribution in [0.5, 0.6) is 0 Å². The van der Waals surface area contributed by atoms with Gasteiger partial charge in [-0.25, -0.2) is 4.79 Å². The van der Waals surface area contributed by atoms with Crippen molar-refractivity contribution in [2.75, 3.05) is 27.7 Å². The quantitative estimate of drug-likeness (QED) is 0.677. The Balaban J connectivity index is 2.39. The summed E-state index contributed by atoms with van der Waals surface area (Å²) in [5.41, 5.74) is 3.29. The Kier molecular flexibility index (Phi) is 3.19. The first kappa shape index (κ1) is 12.1. The summed E-state index contributed by atoms with van der Waals surface area (Å²) >= 11 is 0. The second kappa shape index (κ2) is 4.49. The van der Waals surface area contributed by atoms with Gasteiger partial charge in [-0.3, -0.25) is 0 Å². The van der Waals surface area contributed by atoms with E-state index in [1.165, 1.54) is 10.2 Å². The van der Waals surface area contributed by atoms with Crippen LogP contribution in [0.1, 0.15) is 23.4 Å². The number of fused-ring (bicyclic) bond motifs is 1. The zero-order valence-corrected chi connectivity index (χ0v) is 11.0. The van der Waals surface area contributed by atoms with Gasteiger partial charge in [-0.05, 0) is 33.4 Å². The van der Waals surface area contributed by atoms with Crippen LogP contribution in [0.15, 0.2) is 0 Å². The number of carbonyl (C=O) groups is 1. The highest BCUT2D eigenvalue weighted by Gasteiger charge is 2.22. The molecule has 1 aromatic rings. The average molecular weight is 236 g/mol. The molecule has 0 radical (unpaired) electrons. The molecule has 5 heteroatoms. The molecule has 5 nitrogen and oxygen atoms in total. The topological polar surface area (TPSA) is 41.4 Å². The Morgan fingerprint density at radius 2 is 2.12 bits per heavy atom. The van der Waals surface area contributed by atoms with Gasteiger partial charge in [0.25, 0.3) is 0 Å². The average Bonchev–Trinajstić information content (AvgIpc) is 2.47. The monoisotopic (exact) mass is 236 g/mol. The van der Waals surface area contributed by atoms with Crippen LogP contribution in [0.3, 0.4) is 0 Å². The van der Waals surface area contributed by atoms with E-state index in [0.717, 1.165) is 37.3 Å². The van der Waals surface area contributed by atoms with Crippen LogP contribution in [0, 0.1) is 6.92 Å². The molecular formula is C12H20N4O. The fraction of sp³-hybridized carbons (Fsp3) is 0.667. The minimum Gasteiger partial charge on any atom is -0.329 e. The van der Waals surface area contributed by atoms with E-state index in [4.69, 9.17) is 0 Å². The summed E-state index contributed by atoms with van der Waals surface area (Å²) in [5.74, 6) is 0. The minimum absolute atomic E-state index is 0.0711. The number of aryl methyl sites for hydroxylation is 1. The number of amides is 1. The van der Waals surface area contributed by atoms with Gasteiger partial charge in [-0.2, -0.15) is 9.78 Å². The van der Waals surface area contributed by atoms with Gasteiger partial charge in [0.2, 0.25) is 0 Å². The summed E-state index contributed by atoms with van der Waals surface area (Å²) in [6, 6.07) is -0.0711. The lowest BCUT2D eigenvalue weighted by Gasteiger charge is -2.14. The smallest absolute Gasteiger partial charge is 0.329 e. The standard InChI is InChI=1S/C12H20N4O/c1-9-10-8-15(4)7-5-6-11(10)13-16(9)12(17)14(2)3/h5-8H2,1-4H3. The van der Waals surface area contributed by atoms with Gasteiger partial charge < -0.3 is 9.80 Å². The summed E-state index contributed by atoms with van der Waals surface area (Å²) < 4.78 is 1.53. The minimum atomic E-state index is -0.0711. The van der Waals surface area contributed by atoms with Crippen molar-refractivity contribution in [1.29, 1.82) is 0 Å². The third kappa shape index (κ3) is 2.20. The number of rotatable bonds is 0. The molecule has 2 rings (SSSR count). The van der Waals surface area contributed by atoms with E-state index in [-0.39, 0.29) is 6.03 Å². The van der Waals surface area contributed by atoms with Crippen molar-refractivity contribution < 1.29 is 4.79 Å². The van der Waals surface area contributed by atoms with Crippen molar-refractivity contribution in [1.82, 2.24) is 19.6 Å². The van der Waals surface area contributed by atoms with Crippen LogP contribution in [-0.4, -0.2) is 53.3 Å². The Morgan fingerprint density at radius 1 is 1.41 bits per heavy atom. The molecule has 1 aromatic heterocycles. The van der Waals surface area contributed by atoms with Crippen molar-refractivity contribution in [3.63, 3.8) is 0 Å². The second-order valence-corrected chi connectivity index (χ2v) is 4.94. The highest BCUT2D eigenvalue weighted by Crippen LogP contribution is 2.20. The van der Waals surface area contributed by atoms with Gasteiger partial charge in [-0.1, -0.05) is 0 Å². The molecule has 0 saturated heterocycles. The second-order valence-electron chi connectivity index (χ2n) is 4.94. The fourth-order valence-electron chi connectivity index (χ4n) is 2.24. The predicted molar refractivity (Wildman–Crippen MR) is 66.1 cm³/mol. The van der Waals surface area contributed by atoms with Crippen LogP contribution >= 0.6 is 0 Å². The number of carbonyl (C=O) groups excluding carboxylic acids is 1. The highest BCUT2D eigenvalue weighted by molar-refractivity contribution is 5.76. The molecule has 1 amide bonds. The van der Waals surface area contributed by atoms with Crippen molar-refractivity contribution >= 4 is 6.03 Å². The first-order chi connectivity index (χ1) is 8.00. The van der Waals surface area contributed by atoms with Crippen molar-refractivity contribution in [3.8, 4) is 0 Å². The maximum absolute atomic E-state index is 12.0. The number of hydrogen-bond acceptors (Lipinski definition) is 3. The van der Waals surface area contributed by atoms with Gasteiger partial charge in [-0.15, -0.1) is 0 Å². The maximum atomic E-state index is 12.0. The van der Waals surface area contributed by atoms with Crippen LogP contribution < -0.4 is 0 Å². The molecular weight excluding hydrogens is 216 g/mol. The highest BCUT2D eigenvalue weighted by atomic mass is 16.2. The number of nitrogens with zero attached hydrogens (tertiary/aromatic N) is 4. The summed E-state index contributed by atoms with van der Waals surface area (Å²) in [5, 5.41) is 4.46. The molecule has 0 bridgehead atoms. The molecule has 17 heavy (non-hydrogen) atoms. The molecule has 0 saturated carbocycles. The molecule has 1 aliphatic heterocycles. The Hall–Kier alpha value is -1.36. The molecule has 0 unspecified atom stereocenters. The van der Waals surface area contributed by atoms with E-state index in [0.29, 0.717) is 0 Å². The molecule has 0 aromatic carbocycles. The largest absolute Gasteiger partial charge is 0.344 e. The van der Waals surface area contributed by atoms with Gasteiger partial charge >= 0.3 is 6.03 Å². The summed E-state index contributed by atoms with van der Waals surface area (Å²) in [4.78, 5) is 15.8. The van der Waals surface area contributed by atoms with Gasteiger partial charge in [0.1, 0.15) is 0 Å². The summed E-state index contributed by atoms with van der Waals surface area (Å²) in [6.45, 7) is 3.96. The van der Waals surface area contributed by atoms with Crippen LogP contribution in [-0.2, 0) is 13.0 Å². The Morgan fingerprint density at radius 3 is 2.76 bits per heavy atom. The lowest BCUT2D eigenvalue weighted by Crippen LogP contribution is -2.29. The van der Waals surface area contributed by atoms with E-state index in [2.05, 4.69) is 17.0 Å². The lowest BCUT2D eigenvalue weighted by atomic mass is 10.1. The van der Waals surface area contributed by atoms with Crippen LogP contribution in [0.4, 0.5) is 4.79 Å². The normalized spacial score (nSPS) is 16.5. The molecule has 2 heterocycles. The SMILES string of the molecule is Cc1c2c(nn1C(=O)N(C)C)CCCN(C)C2. The number of hydrogen-bond donors (Lipinski definition) is 0. The van der Waals surface area contributed by atoms with E-state index >= 15 is 0 Å². The maximum Gasteiger partial charge on any atom is 0.344 e. The lowest BCUT2D eigenvalue weighted by molar-refractivity contribution is 0.215. The van der Waals surface area contributed by atoms with Gasteiger partial charge in [0.15, 0.2) is 0 Å². The first-order valence-corrected chi connectivity index (χ1v) is 5.98. The van der Waals surface area contributed by atoms with Crippen molar-refractivity contribution in [2.45, 2.75) is 26.3 Å². The molecule has 0 fully saturated rings. The Labute approximate surface area is 102 Å². The third-order valence-corrected chi connectivity index (χ3v) is 3.27. The molecule has 0 spiro atoms. The van der Waals surface area contributed by atoms with E-state index in [1.54, 1.807) is 19.0 Å². The summed E-state index contributed by atoms with van der Waals surface area (Å²) in [7, 11) is 5.61. The molecule has 1 aliphatic rings. The van der Waals surface area contributed by atoms with Gasteiger partial charge in [0.05, 0.1) is 11.4 Å². The van der Waals surface area contributed by atoms with E-state index in [9.17, 15) is 4.79 Å². The zero-order valence-electron chi connectivity index (χ0n) is 11.0. The van der Waals surface area contributed by atoms with Crippen molar-refractivity contribution in [3.05, 3.63) is 17.0 Å². The first-order valence-electron chi connectivity index (χ1n) is 5.98. The molecule has 0 atom stereocenters. The molecule has 0 aliphatic carbocycles. The molecule has 0 N–H and O–H groups in total. The van der Waals surface area contributed by atoms with Crippen LogP contribution in [0.2, 0.25) is 0 Å². The zero-order chi connectivity index (χ0) is 12.6. The third-order valence-electron chi connectivity index (χ3n) is 3.27. The number of aromatic nitrogens is 2. The van der Waals surface area contributed by atoms with Crippen molar-refractivity contribution in [2.24, 2.45) is 0 Å². The summed E-state index contributed by atoms with van der Waals surface area (Å²) in [6.07, 6.45) is 2.07.